The van der Waals surface area contributed by atoms with Crippen molar-refractivity contribution in [2.75, 3.05) is 6.54 Å². The summed E-state index contributed by atoms with van der Waals surface area (Å²) in [5, 5.41) is 3.31. The molecule has 5 heteroatoms. The molecule has 3 nitrogen and oxygen atoms in total. The molecule has 0 atom stereocenters. The van der Waals surface area contributed by atoms with Crippen molar-refractivity contribution in [1.82, 2.24) is 14.9 Å². The SMILES string of the molecule is CCCNCc1cn(Cc2ccc(F)c(Br)c2)cn1. The van der Waals surface area contributed by atoms with Crippen LogP contribution in [-0.2, 0) is 13.1 Å². The van der Waals surface area contributed by atoms with Crippen LogP contribution >= 0.6 is 15.9 Å². The Balaban J connectivity index is 1.97. The summed E-state index contributed by atoms with van der Waals surface area (Å²) >= 11 is 3.20. The van der Waals surface area contributed by atoms with E-state index in [9.17, 15) is 4.39 Å². The second-order valence-electron chi connectivity index (χ2n) is 4.46. The predicted octanol–water partition coefficient (Wildman–Crippen LogP) is 3.33. The van der Waals surface area contributed by atoms with Crippen molar-refractivity contribution in [3.63, 3.8) is 0 Å². The summed E-state index contributed by atoms with van der Waals surface area (Å²) in [6.45, 7) is 4.61. The molecule has 0 fully saturated rings. The predicted molar refractivity (Wildman–Crippen MR) is 77.4 cm³/mol. The minimum Gasteiger partial charge on any atom is -0.333 e. The third kappa shape index (κ3) is 4.14. The molecule has 19 heavy (non-hydrogen) atoms. The van der Waals surface area contributed by atoms with Gasteiger partial charge < -0.3 is 9.88 Å². The molecule has 2 aromatic rings. The standard InChI is InChI=1S/C14H17BrFN3/c1-2-5-17-7-12-9-19(10-18-12)8-11-3-4-14(16)13(15)6-11/h3-4,6,9-10,17H,2,5,7-8H2,1H3. The molecule has 0 aliphatic rings. The molecule has 0 aliphatic heterocycles. The molecule has 0 aliphatic carbocycles. The molecule has 1 aromatic heterocycles. The lowest BCUT2D eigenvalue weighted by Crippen LogP contribution is -2.13. The van der Waals surface area contributed by atoms with Crippen molar-refractivity contribution in [2.45, 2.75) is 26.4 Å². The Labute approximate surface area is 121 Å². The molecule has 0 unspecified atom stereocenters. The quantitative estimate of drug-likeness (QED) is 0.825. The maximum absolute atomic E-state index is 13.1. The second-order valence-corrected chi connectivity index (χ2v) is 5.32. The molecule has 1 heterocycles. The van der Waals surface area contributed by atoms with Crippen molar-refractivity contribution in [3.8, 4) is 0 Å². The Kier molecular flexibility index (Phi) is 5.10. The van der Waals surface area contributed by atoms with Gasteiger partial charge in [-0.15, -0.1) is 0 Å². The van der Waals surface area contributed by atoms with Gasteiger partial charge in [-0.2, -0.15) is 0 Å². The van der Waals surface area contributed by atoms with Gasteiger partial charge in [-0.1, -0.05) is 13.0 Å². The zero-order chi connectivity index (χ0) is 13.7. The van der Waals surface area contributed by atoms with Gasteiger partial charge in [0.15, 0.2) is 0 Å². The molecule has 1 N–H and O–H groups in total. The highest BCUT2D eigenvalue weighted by molar-refractivity contribution is 9.10. The number of hydrogen-bond acceptors (Lipinski definition) is 2. The van der Waals surface area contributed by atoms with E-state index in [4.69, 9.17) is 0 Å². The number of halogens is 2. The van der Waals surface area contributed by atoms with Gasteiger partial charge in [0.05, 0.1) is 16.5 Å². The summed E-state index contributed by atoms with van der Waals surface area (Å²) in [7, 11) is 0. The van der Waals surface area contributed by atoms with Crippen molar-refractivity contribution in [1.29, 1.82) is 0 Å². The highest BCUT2D eigenvalue weighted by Gasteiger charge is 2.03. The zero-order valence-corrected chi connectivity index (χ0v) is 12.5. The van der Waals surface area contributed by atoms with Crippen LogP contribution in [-0.4, -0.2) is 16.1 Å². The van der Waals surface area contributed by atoms with Crippen LogP contribution in [0.5, 0.6) is 0 Å². The van der Waals surface area contributed by atoms with Crippen LogP contribution in [0.1, 0.15) is 24.6 Å². The zero-order valence-electron chi connectivity index (χ0n) is 10.9. The van der Waals surface area contributed by atoms with Crippen molar-refractivity contribution in [3.05, 3.63) is 52.3 Å². The van der Waals surface area contributed by atoms with E-state index in [1.165, 1.54) is 6.07 Å². The molecule has 0 amide bonds. The third-order valence-corrected chi connectivity index (χ3v) is 3.38. The normalized spacial score (nSPS) is 10.9. The van der Waals surface area contributed by atoms with E-state index in [1.807, 2.05) is 10.8 Å². The van der Waals surface area contributed by atoms with Crippen molar-refractivity contribution in [2.24, 2.45) is 0 Å². The Hall–Kier alpha value is -1.20. The highest BCUT2D eigenvalue weighted by atomic mass is 79.9. The van der Waals surface area contributed by atoms with Crippen LogP contribution in [0.3, 0.4) is 0 Å². The minimum atomic E-state index is -0.237. The number of aromatic nitrogens is 2. The summed E-state index contributed by atoms with van der Waals surface area (Å²) in [6, 6.07) is 5.06. The van der Waals surface area contributed by atoms with Crippen LogP contribution in [0, 0.1) is 5.82 Å². The van der Waals surface area contributed by atoms with E-state index in [-0.39, 0.29) is 5.82 Å². The minimum absolute atomic E-state index is 0.237. The van der Waals surface area contributed by atoms with Gasteiger partial charge >= 0.3 is 0 Å². The van der Waals surface area contributed by atoms with Crippen LogP contribution < -0.4 is 5.32 Å². The second kappa shape index (κ2) is 6.82. The lowest BCUT2D eigenvalue weighted by atomic mass is 10.2. The topological polar surface area (TPSA) is 29.9 Å². The molecule has 0 radical (unpaired) electrons. The van der Waals surface area contributed by atoms with Crippen molar-refractivity contribution < 1.29 is 4.39 Å². The number of nitrogens with zero attached hydrogens (tertiary/aromatic N) is 2. The largest absolute Gasteiger partial charge is 0.333 e. The summed E-state index contributed by atoms with van der Waals surface area (Å²) < 4.78 is 15.6. The van der Waals surface area contributed by atoms with Crippen LogP contribution in [0.25, 0.3) is 0 Å². The first-order chi connectivity index (χ1) is 9.19. The maximum atomic E-state index is 13.1. The van der Waals surface area contributed by atoms with E-state index >= 15 is 0 Å². The lowest BCUT2D eigenvalue weighted by molar-refractivity contribution is 0.619. The summed E-state index contributed by atoms with van der Waals surface area (Å²) in [6.07, 6.45) is 4.93. The van der Waals surface area contributed by atoms with Crippen LogP contribution in [0.2, 0.25) is 0 Å². The van der Waals surface area contributed by atoms with Gasteiger partial charge in [0.2, 0.25) is 0 Å². The lowest BCUT2D eigenvalue weighted by Gasteiger charge is -2.04. The van der Waals surface area contributed by atoms with Gasteiger partial charge in [0.1, 0.15) is 5.82 Å². The fourth-order valence-corrected chi connectivity index (χ4v) is 2.25. The number of hydrogen-bond donors (Lipinski definition) is 1. The van der Waals surface area contributed by atoms with E-state index < -0.39 is 0 Å². The molecule has 0 saturated heterocycles. The molecular weight excluding hydrogens is 309 g/mol. The Morgan fingerprint density at radius 1 is 1.42 bits per heavy atom. The van der Waals surface area contributed by atoms with Crippen molar-refractivity contribution >= 4 is 15.9 Å². The Bertz CT molecular complexity index is 539. The maximum Gasteiger partial charge on any atom is 0.137 e. The molecular formula is C14H17BrFN3. The van der Waals surface area contributed by atoms with Crippen LogP contribution in [0.4, 0.5) is 4.39 Å². The van der Waals surface area contributed by atoms with Gasteiger partial charge in [-0.3, -0.25) is 0 Å². The first kappa shape index (κ1) is 14.2. The fraction of sp³-hybridized carbons (Fsp3) is 0.357. The molecule has 0 saturated carbocycles. The monoisotopic (exact) mass is 325 g/mol. The number of benzene rings is 1. The highest BCUT2D eigenvalue weighted by Crippen LogP contribution is 2.17. The first-order valence-corrected chi connectivity index (χ1v) is 7.13. The van der Waals surface area contributed by atoms with Gasteiger partial charge in [-0.25, -0.2) is 9.37 Å². The average molecular weight is 326 g/mol. The fourth-order valence-electron chi connectivity index (χ4n) is 1.83. The number of rotatable bonds is 6. The van der Waals surface area contributed by atoms with Gasteiger partial charge in [0, 0.05) is 19.3 Å². The molecule has 0 spiro atoms. The summed E-state index contributed by atoms with van der Waals surface area (Å²) in [4.78, 5) is 4.34. The smallest absolute Gasteiger partial charge is 0.137 e. The van der Waals surface area contributed by atoms with E-state index in [2.05, 4.69) is 33.2 Å². The molecule has 1 aromatic carbocycles. The van der Waals surface area contributed by atoms with E-state index in [0.717, 1.165) is 30.8 Å². The van der Waals surface area contributed by atoms with Crippen LogP contribution in [0.15, 0.2) is 35.2 Å². The van der Waals surface area contributed by atoms with E-state index in [0.29, 0.717) is 11.0 Å². The average Bonchev–Trinajstić information content (AvgIpc) is 2.82. The molecule has 0 bridgehead atoms. The van der Waals surface area contributed by atoms with Gasteiger partial charge in [-0.05, 0) is 46.6 Å². The molecule has 2 rings (SSSR count). The number of nitrogens with one attached hydrogen (secondary N) is 1. The number of imidazole rings is 1. The van der Waals surface area contributed by atoms with E-state index in [1.54, 1.807) is 18.5 Å². The summed E-state index contributed by atoms with van der Waals surface area (Å²) in [5.41, 5.74) is 2.06. The van der Waals surface area contributed by atoms with Gasteiger partial charge in [0.25, 0.3) is 0 Å². The third-order valence-electron chi connectivity index (χ3n) is 2.77. The molecule has 102 valence electrons. The summed E-state index contributed by atoms with van der Waals surface area (Å²) in [5.74, 6) is -0.237. The first-order valence-electron chi connectivity index (χ1n) is 6.34. The Morgan fingerprint density at radius 2 is 2.26 bits per heavy atom. The Morgan fingerprint density at radius 3 is 3.00 bits per heavy atom.